The number of halogens is 1. The molecule has 0 aromatic carbocycles. The summed E-state index contributed by atoms with van der Waals surface area (Å²) in [4.78, 5) is 4.02. The lowest BCUT2D eigenvalue weighted by Crippen LogP contribution is -2.00. The molecule has 0 fully saturated rings. The summed E-state index contributed by atoms with van der Waals surface area (Å²) in [6.45, 7) is 3.57. The monoisotopic (exact) mass is 205 g/mol. The van der Waals surface area contributed by atoms with Gasteiger partial charge in [0.05, 0.1) is 18.1 Å². The van der Waals surface area contributed by atoms with Gasteiger partial charge in [-0.2, -0.15) is 10.5 Å². The van der Waals surface area contributed by atoms with Gasteiger partial charge in [0.1, 0.15) is 11.2 Å². The Labute approximate surface area is 87.6 Å². The van der Waals surface area contributed by atoms with Gasteiger partial charge in [-0.15, -0.1) is 0 Å². The van der Waals surface area contributed by atoms with Gasteiger partial charge in [-0.05, 0) is 25.0 Å². The van der Waals surface area contributed by atoms with Crippen LogP contribution in [0.2, 0.25) is 5.15 Å². The van der Waals surface area contributed by atoms with Crippen molar-refractivity contribution in [1.29, 1.82) is 10.5 Å². The maximum Gasteiger partial charge on any atom is 0.147 e. The average Bonchev–Trinajstić information content (AvgIpc) is 2.12. The molecular weight excluding hydrogens is 198 g/mol. The van der Waals surface area contributed by atoms with E-state index in [1.165, 1.54) is 0 Å². The van der Waals surface area contributed by atoms with Crippen molar-refractivity contribution in [2.75, 3.05) is 0 Å². The summed E-state index contributed by atoms with van der Waals surface area (Å²) in [5, 5.41) is 17.6. The summed E-state index contributed by atoms with van der Waals surface area (Å²) < 4.78 is 0. The van der Waals surface area contributed by atoms with Crippen molar-refractivity contribution in [2.24, 2.45) is 0 Å². The summed E-state index contributed by atoms with van der Waals surface area (Å²) in [6.07, 6.45) is 0.260. The molecule has 0 bridgehead atoms. The molecule has 4 heteroatoms. The third-order valence-electron chi connectivity index (χ3n) is 2.10. The van der Waals surface area contributed by atoms with Crippen LogP contribution in [0.1, 0.15) is 22.4 Å². The molecule has 0 unspecified atom stereocenters. The lowest BCUT2D eigenvalue weighted by atomic mass is 10.0. The Kier molecular flexibility index (Phi) is 3.06. The van der Waals surface area contributed by atoms with Crippen LogP contribution in [0, 0.1) is 36.5 Å². The Balaban J connectivity index is 3.47. The van der Waals surface area contributed by atoms with Crippen LogP contribution in [-0.2, 0) is 6.42 Å². The molecule has 0 aliphatic carbocycles. The normalized spacial score (nSPS) is 9.21. The Morgan fingerprint density at radius 2 is 2.00 bits per heavy atom. The van der Waals surface area contributed by atoms with E-state index in [4.69, 9.17) is 22.1 Å². The van der Waals surface area contributed by atoms with E-state index in [0.29, 0.717) is 11.3 Å². The zero-order valence-electron chi connectivity index (χ0n) is 7.93. The van der Waals surface area contributed by atoms with Crippen LogP contribution in [0.25, 0.3) is 0 Å². The lowest BCUT2D eigenvalue weighted by molar-refractivity contribution is 1.07. The molecule has 0 atom stereocenters. The number of hydrogen-bond donors (Lipinski definition) is 0. The number of pyridine rings is 1. The Hall–Kier alpha value is -1.58. The molecule has 70 valence electrons. The fraction of sp³-hybridized carbons (Fsp3) is 0.300. The zero-order chi connectivity index (χ0) is 10.7. The van der Waals surface area contributed by atoms with Crippen molar-refractivity contribution < 1.29 is 0 Å². The Morgan fingerprint density at radius 3 is 2.50 bits per heavy atom. The molecule has 0 amide bonds. The minimum absolute atomic E-state index is 0.212. The highest BCUT2D eigenvalue weighted by atomic mass is 35.5. The molecule has 1 heterocycles. The highest BCUT2D eigenvalue weighted by molar-refractivity contribution is 6.30. The van der Waals surface area contributed by atoms with Gasteiger partial charge in [-0.25, -0.2) is 4.98 Å². The fourth-order valence-corrected chi connectivity index (χ4v) is 1.63. The average molecular weight is 206 g/mol. The number of aryl methyl sites for hydroxylation is 1. The van der Waals surface area contributed by atoms with Crippen molar-refractivity contribution in [2.45, 2.75) is 20.3 Å². The van der Waals surface area contributed by atoms with Crippen molar-refractivity contribution in [3.05, 3.63) is 27.5 Å². The smallest absolute Gasteiger partial charge is 0.147 e. The maximum absolute atomic E-state index is 8.83. The molecule has 1 aromatic heterocycles. The van der Waals surface area contributed by atoms with E-state index < -0.39 is 0 Å². The Bertz CT molecular complexity index is 452. The highest BCUT2D eigenvalue weighted by Gasteiger charge is 2.12. The van der Waals surface area contributed by atoms with Crippen LogP contribution in [-0.4, -0.2) is 4.98 Å². The van der Waals surface area contributed by atoms with Crippen LogP contribution < -0.4 is 0 Å². The van der Waals surface area contributed by atoms with Crippen LogP contribution in [0.15, 0.2) is 0 Å². The van der Waals surface area contributed by atoms with Gasteiger partial charge < -0.3 is 0 Å². The SMILES string of the molecule is Cc1nc(Cl)c(C#N)c(C)c1CC#N. The molecule has 1 aromatic rings. The van der Waals surface area contributed by atoms with Crippen LogP contribution >= 0.6 is 11.6 Å². The number of aromatic nitrogens is 1. The van der Waals surface area contributed by atoms with E-state index in [1.54, 1.807) is 13.8 Å². The zero-order valence-corrected chi connectivity index (χ0v) is 8.68. The van der Waals surface area contributed by atoms with Gasteiger partial charge in [0.25, 0.3) is 0 Å². The van der Waals surface area contributed by atoms with Crippen LogP contribution in [0.4, 0.5) is 0 Å². The minimum Gasteiger partial charge on any atom is -0.240 e. The van der Waals surface area contributed by atoms with Crippen molar-refractivity contribution >= 4 is 11.6 Å². The molecule has 14 heavy (non-hydrogen) atoms. The van der Waals surface area contributed by atoms with Gasteiger partial charge in [-0.1, -0.05) is 11.6 Å². The van der Waals surface area contributed by atoms with Gasteiger partial charge in [0, 0.05) is 5.69 Å². The quantitative estimate of drug-likeness (QED) is 0.661. The van der Waals surface area contributed by atoms with E-state index >= 15 is 0 Å². The number of nitriles is 2. The van der Waals surface area contributed by atoms with Gasteiger partial charge in [-0.3, -0.25) is 0 Å². The van der Waals surface area contributed by atoms with Crippen molar-refractivity contribution in [3.63, 3.8) is 0 Å². The van der Waals surface area contributed by atoms with Gasteiger partial charge in [0.15, 0.2) is 0 Å². The number of rotatable bonds is 1. The van der Waals surface area contributed by atoms with E-state index in [1.807, 2.05) is 12.1 Å². The first-order valence-corrected chi connectivity index (χ1v) is 4.42. The lowest BCUT2D eigenvalue weighted by Gasteiger charge is -2.08. The highest BCUT2D eigenvalue weighted by Crippen LogP contribution is 2.22. The molecule has 3 nitrogen and oxygen atoms in total. The maximum atomic E-state index is 8.83. The molecule has 0 N–H and O–H groups in total. The van der Waals surface area contributed by atoms with E-state index in [0.717, 1.165) is 11.1 Å². The van der Waals surface area contributed by atoms with Gasteiger partial charge in [0.2, 0.25) is 0 Å². The first-order chi connectivity index (χ1) is 6.61. The largest absolute Gasteiger partial charge is 0.240 e. The predicted octanol–water partition coefficient (Wildman–Crippen LogP) is 2.29. The first-order valence-electron chi connectivity index (χ1n) is 4.04. The first kappa shape index (κ1) is 10.5. The third kappa shape index (κ3) is 1.69. The fourth-order valence-electron chi connectivity index (χ4n) is 1.32. The molecule has 0 saturated heterocycles. The molecule has 0 radical (unpaired) electrons. The van der Waals surface area contributed by atoms with Crippen LogP contribution in [0.3, 0.4) is 0 Å². The second kappa shape index (κ2) is 4.09. The number of nitrogens with zero attached hydrogens (tertiary/aromatic N) is 3. The van der Waals surface area contributed by atoms with Crippen LogP contribution in [0.5, 0.6) is 0 Å². The second-order valence-corrected chi connectivity index (χ2v) is 3.27. The van der Waals surface area contributed by atoms with E-state index in [-0.39, 0.29) is 11.6 Å². The van der Waals surface area contributed by atoms with Gasteiger partial charge >= 0.3 is 0 Å². The predicted molar refractivity (Wildman–Crippen MR) is 52.8 cm³/mol. The molecular formula is C10H8ClN3. The van der Waals surface area contributed by atoms with Crippen molar-refractivity contribution in [3.8, 4) is 12.1 Å². The third-order valence-corrected chi connectivity index (χ3v) is 2.38. The van der Waals surface area contributed by atoms with E-state index in [9.17, 15) is 0 Å². The second-order valence-electron chi connectivity index (χ2n) is 2.91. The standard InChI is InChI=1S/C10H8ClN3/c1-6-8(3-4-12)7(2)14-10(11)9(6)5-13/h3H2,1-2H3. The molecule has 0 spiro atoms. The molecule has 0 aliphatic rings. The number of hydrogen-bond acceptors (Lipinski definition) is 3. The topological polar surface area (TPSA) is 60.5 Å². The van der Waals surface area contributed by atoms with E-state index in [2.05, 4.69) is 4.98 Å². The molecule has 0 aliphatic heterocycles. The van der Waals surface area contributed by atoms with Crippen molar-refractivity contribution in [1.82, 2.24) is 4.98 Å². The minimum atomic E-state index is 0.212. The summed E-state index contributed by atoms with van der Waals surface area (Å²) in [7, 11) is 0. The molecule has 0 saturated carbocycles. The summed E-state index contributed by atoms with van der Waals surface area (Å²) in [5.41, 5.74) is 2.63. The summed E-state index contributed by atoms with van der Waals surface area (Å²) >= 11 is 5.79. The summed E-state index contributed by atoms with van der Waals surface area (Å²) in [6, 6.07) is 4.03. The summed E-state index contributed by atoms with van der Waals surface area (Å²) in [5.74, 6) is 0. The molecule has 1 rings (SSSR count). The Morgan fingerprint density at radius 1 is 1.36 bits per heavy atom.